The van der Waals surface area contributed by atoms with Gasteiger partial charge < -0.3 is 24.1 Å². The zero-order valence-electron chi connectivity index (χ0n) is 14.2. The quantitative estimate of drug-likeness (QED) is 0.475. The number of hydrogen-bond acceptors (Lipinski definition) is 5. The van der Waals surface area contributed by atoms with E-state index in [4.69, 9.17) is 24.1 Å². The van der Waals surface area contributed by atoms with Gasteiger partial charge in [-0.15, -0.1) is 0 Å². The molecule has 3 rings (SSSR count). The third-order valence-electron chi connectivity index (χ3n) is 5.49. The van der Waals surface area contributed by atoms with E-state index < -0.39 is 12.3 Å². The predicted octanol–water partition coefficient (Wildman–Crippen LogP) is 2.76. The molecule has 23 heavy (non-hydrogen) atoms. The molecule has 1 saturated carbocycles. The molecule has 0 aromatic heterocycles. The van der Waals surface area contributed by atoms with Gasteiger partial charge in [0.15, 0.2) is 0 Å². The van der Waals surface area contributed by atoms with Crippen molar-refractivity contribution in [3.63, 3.8) is 0 Å². The second-order valence-electron chi connectivity index (χ2n) is 7.30. The highest BCUT2D eigenvalue weighted by atomic mass is 16.7. The van der Waals surface area contributed by atoms with Crippen LogP contribution in [0.2, 0.25) is 0 Å². The lowest BCUT2D eigenvalue weighted by Crippen LogP contribution is -2.55. The summed E-state index contributed by atoms with van der Waals surface area (Å²) in [7, 11) is 1.61. The Hall–Kier alpha value is -1.11. The van der Waals surface area contributed by atoms with Crippen LogP contribution in [-0.4, -0.2) is 54.5 Å². The summed E-state index contributed by atoms with van der Waals surface area (Å²) in [5.41, 5.74) is 0.663. The summed E-state index contributed by atoms with van der Waals surface area (Å²) < 4.78 is 22.6. The van der Waals surface area contributed by atoms with Gasteiger partial charge in [0.05, 0.1) is 18.6 Å². The molecule has 0 unspecified atom stereocenters. The molecule has 6 atom stereocenters. The van der Waals surface area contributed by atoms with Crippen molar-refractivity contribution in [3.05, 3.63) is 11.6 Å². The van der Waals surface area contributed by atoms with E-state index >= 15 is 0 Å². The molecule has 0 aromatic carbocycles. The molecule has 0 bridgehead atoms. The highest BCUT2D eigenvalue weighted by molar-refractivity contribution is 5.57. The van der Waals surface area contributed by atoms with Crippen molar-refractivity contribution >= 4 is 6.16 Å². The fourth-order valence-corrected chi connectivity index (χ4v) is 4.20. The van der Waals surface area contributed by atoms with Gasteiger partial charge in [0.2, 0.25) is 0 Å². The Morgan fingerprint density at radius 3 is 2.65 bits per heavy atom. The van der Waals surface area contributed by atoms with E-state index in [0.717, 1.165) is 12.8 Å². The molecule has 0 amide bonds. The average Bonchev–Trinajstić information content (AvgIpc) is 3.37. The minimum absolute atomic E-state index is 0.0198. The highest BCUT2D eigenvalue weighted by Crippen LogP contribution is 2.59. The van der Waals surface area contributed by atoms with Crippen LogP contribution in [0.25, 0.3) is 0 Å². The second kappa shape index (κ2) is 5.76. The Bertz CT molecular complexity index is 507. The van der Waals surface area contributed by atoms with Gasteiger partial charge in [0.1, 0.15) is 23.4 Å². The lowest BCUT2D eigenvalue weighted by atomic mass is 9.68. The molecule has 1 spiro atoms. The Labute approximate surface area is 136 Å². The van der Waals surface area contributed by atoms with Crippen molar-refractivity contribution < 1.29 is 28.8 Å². The molecular weight excluding hydrogens is 300 g/mol. The van der Waals surface area contributed by atoms with Gasteiger partial charge in [-0.3, -0.25) is 0 Å². The van der Waals surface area contributed by atoms with E-state index in [9.17, 15) is 4.79 Å². The second-order valence-corrected chi connectivity index (χ2v) is 7.30. The minimum Gasteiger partial charge on any atom is -0.450 e. The maximum atomic E-state index is 11.0. The first kappa shape index (κ1) is 16.7. The van der Waals surface area contributed by atoms with E-state index in [1.54, 1.807) is 7.11 Å². The summed E-state index contributed by atoms with van der Waals surface area (Å²) in [5.74, 6) is -0.0198. The average molecular weight is 326 g/mol. The Morgan fingerprint density at radius 2 is 2.13 bits per heavy atom. The standard InChI is InChI=1S/C17H26O6/c1-10(2)5-6-12-16(3,23-12)14-13(20-4)11(22-15(18)19)7-8-17(14)9-21-17/h5,11-14H,6-9H2,1-4H3,(H,18,19)/t11-,12-,13-,14-,16+,17+/m1/s1. The Kier molecular flexibility index (Phi) is 4.19. The van der Waals surface area contributed by atoms with Gasteiger partial charge >= 0.3 is 6.16 Å². The van der Waals surface area contributed by atoms with Crippen LogP contribution in [0.15, 0.2) is 11.6 Å². The SMILES string of the molecule is CO[C@@H]1[C@H](OC(=O)O)CC[C@]2(CO2)[C@H]1[C@@]1(C)O[C@@H]1CC=C(C)C. The number of carboxylic acid groups (broad SMARTS) is 1. The summed E-state index contributed by atoms with van der Waals surface area (Å²) in [6.45, 7) is 6.91. The number of carbonyl (C=O) groups is 1. The van der Waals surface area contributed by atoms with Gasteiger partial charge in [0, 0.05) is 7.11 Å². The topological polar surface area (TPSA) is 80.8 Å². The third-order valence-corrected chi connectivity index (χ3v) is 5.49. The van der Waals surface area contributed by atoms with Crippen LogP contribution in [0.3, 0.4) is 0 Å². The van der Waals surface area contributed by atoms with Crippen molar-refractivity contribution in [2.45, 2.75) is 69.5 Å². The van der Waals surface area contributed by atoms with E-state index in [1.807, 2.05) is 0 Å². The van der Waals surface area contributed by atoms with Crippen molar-refractivity contribution in [3.8, 4) is 0 Å². The summed E-state index contributed by atoms with van der Waals surface area (Å²) in [6.07, 6.45) is 2.47. The third kappa shape index (κ3) is 2.99. The van der Waals surface area contributed by atoms with Gasteiger partial charge in [-0.2, -0.15) is 0 Å². The van der Waals surface area contributed by atoms with E-state index in [1.165, 1.54) is 5.57 Å². The number of hydrogen-bond donors (Lipinski definition) is 1. The normalized spacial score (nSPS) is 44.7. The Morgan fingerprint density at radius 1 is 1.43 bits per heavy atom. The van der Waals surface area contributed by atoms with Crippen molar-refractivity contribution in [2.75, 3.05) is 13.7 Å². The maximum Gasteiger partial charge on any atom is 0.506 e. The largest absolute Gasteiger partial charge is 0.506 e. The fourth-order valence-electron chi connectivity index (χ4n) is 4.20. The number of ether oxygens (including phenoxy) is 4. The first-order chi connectivity index (χ1) is 10.8. The van der Waals surface area contributed by atoms with Crippen molar-refractivity contribution in [1.82, 2.24) is 0 Å². The molecule has 6 heteroatoms. The van der Waals surface area contributed by atoms with Crippen molar-refractivity contribution in [1.29, 1.82) is 0 Å². The lowest BCUT2D eigenvalue weighted by molar-refractivity contribution is -0.124. The first-order valence-electron chi connectivity index (χ1n) is 8.20. The molecule has 2 aliphatic heterocycles. The fraction of sp³-hybridized carbons (Fsp3) is 0.824. The minimum atomic E-state index is -1.26. The lowest BCUT2D eigenvalue weighted by Gasteiger charge is -2.42. The smallest absolute Gasteiger partial charge is 0.450 e. The van der Waals surface area contributed by atoms with E-state index in [0.29, 0.717) is 13.0 Å². The molecule has 6 nitrogen and oxygen atoms in total. The summed E-state index contributed by atoms with van der Waals surface area (Å²) in [6, 6.07) is 0. The molecule has 1 N–H and O–H groups in total. The van der Waals surface area contributed by atoms with Crippen LogP contribution in [-0.2, 0) is 18.9 Å². The zero-order chi connectivity index (χ0) is 16.8. The van der Waals surface area contributed by atoms with Gasteiger partial charge in [-0.25, -0.2) is 4.79 Å². The molecule has 2 heterocycles. The number of epoxide rings is 2. The zero-order valence-corrected chi connectivity index (χ0v) is 14.2. The molecular formula is C17H26O6. The maximum absolute atomic E-state index is 11.0. The van der Waals surface area contributed by atoms with Crippen LogP contribution in [0.1, 0.15) is 40.0 Å². The van der Waals surface area contributed by atoms with Crippen LogP contribution >= 0.6 is 0 Å². The Balaban J connectivity index is 1.79. The predicted molar refractivity (Wildman–Crippen MR) is 82.4 cm³/mol. The van der Waals surface area contributed by atoms with E-state index in [-0.39, 0.29) is 29.3 Å². The number of allylic oxidation sites excluding steroid dienone is 1. The monoisotopic (exact) mass is 326 g/mol. The van der Waals surface area contributed by atoms with Gasteiger partial charge in [-0.1, -0.05) is 11.6 Å². The van der Waals surface area contributed by atoms with Crippen LogP contribution in [0.5, 0.6) is 0 Å². The van der Waals surface area contributed by atoms with E-state index in [2.05, 4.69) is 26.8 Å². The molecule has 2 saturated heterocycles. The molecule has 1 aliphatic carbocycles. The molecule has 130 valence electrons. The summed E-state index contributed by atoms with van der Waals surface area (Å²) in [5, 5.41) is 8.98. The number of rotatable bonds is 5. The summed E-state index contributed by atoms with van der Waals surface area (Å²) >= 11 is 0. The molecule has 3 aliphatic rings. The summed E-state index contributed by atoms with van der Waals surface area (Å²) in [4.78, 5) is 11.0. The number of methoxy groups -OCH3 is 1. The molecule has 0 aromatic rings. The highest BCUT2D eigenvalue weighted by Gasteiger charge is 2.72. The van der Waals surface area contributed by atoms with Crippen LogP contribution < -0.4 is 0 Å². The van der Waals surface area contributed by atoms with Crippen LogP contribution in [0, 0.1) is 5.92 Å². The first-order valence-corrected chi connectivity index (χ1v) is 8.20. The molecule has 0 radical (unpaired) electrons. The van der Waals surface area contributed by atoms with Crippen LogP contribution in [0.4, 0.5) is 4.79 Å². The van der Waals surface area contributed by atoms with Crippen molar-refractivity contribution in [2.24, 2.45) is 5.92 Å². The molecule has 3 fully saturated rings. The van der Waals surface area contributed by atoms with Gasteiger partial charge in [-0.05, 0) is 40.0 Å². The van der Waals surface area contributed by atoms with Gasteiger partial charge in [0.25, 0.3) is 0 Å².